The zero-order valence-electron chi connectivity index (χ0n) is 11.0. The van der Waals surface area contributed by atoms with Crippen molar-refractivity contribution in [1.29, 1.82) is 0 Å². The summed E-state index contributed by atoms with van der Waals surface area (Å²) >= 11 is 5.86. The van der Waals surface area contributed by atoms with Crippen LogP contribution in [0.3, 0.4) is 0 Å². The summed E-state index contributed by atoms with van der Waals surface area (Å²) in [6.07, 6.45) is 2.47. The fraction of sp³-hybridized carbons (Fsp3) is 0.462. The highest BCUT2D eigenvalue weighted by Crippen LogP contribution is 2.31. The first-order chi connectivity index (χ1) is 9.29. The lowest BCUT2D eigenvalue weighted by molar-refractivity contribution is -0.141. The molecule has 0 bridgehead atoms. The Labute approximate surface area is 123 Å². The molecule has 1 saturated heterocycles. The van der Waals surface area contributed by atoms with E-state index < -0.39 is 21.7 Å². The Kier molecular flexibility index (Phi) is 4.25. The van der Waals surface area contributed by atoms with Crippen molar-refractivity contribution < 1.29 is 18.3 Å². The maximum Gasteiger partial charge on any atom is 0.308 e. The molecule has 0 aliphatic carbocycles. The van der Waals surface area contributed by atoms with Gasteiger partial charge >= 0.3 is 5.97 Å². The molecular formula is C13H16ClNO4S. The Bertz CT molecular complexity index is 629. The summed E-state index contributed by atoms with van der Waals surface area (Å²) in [7, 11) is -3.42. The van der Waals surface area contributed by atoms with Crippen molar-refractivity contribution in [3.63, 3.8) is 0 Å². The number of anilines is 1. The lowest BCUT2D eigenvalue weighted by atomic mass is 9.98. The van der Waals surface area contributed by atoms with E-state index in [1.807, 2.05) is 4.90 Å². The van der Waals surface area contributed by atoms with Gasteiger partial charge in [-0.15, -0.1) is 0 Å². The predicted molar refractivity (Wildman–Crippen MR) is 77.1 cm³/mol. The average Bonchev–Trinajstić information content (AvgIpc) is 2.37. The van der Waals surface area contributed by atoms with Gasteiger partial charge in [-0.25, -0.2) is 8.42 Å². The molecule has 0 amide bonds. The number of nitrogens with zero attached hydrogens (tertiary/aromatic N) is 1. The molecule has 1 unspecified atom stereocenters. The first-order valence-electron chi connectivity index (χ1n) is 6.26. The third-order valence-electron chi connectivity index (χ3n) is 3.43. The summed E-state index contributed by atoms with van der Waals surface area (Å²) in [4.78, 5) is 13.1. The highest BCUT2D eigenvalue weighted by molar-refractivity contribution is 7.90. The number of rotatable bonds is 3. The Balaban J connectivity index is 2.40. The summed E-state index contributed by atoms with van der Waals surface area (Å²) in [6, 6.07) is 4.68. The van der Waals surface area contributed by atoms with Gasteiger partial charge in [-0.05, 0) is 31.0 Å². The molecule has 0 spiro atoms. The van der Waals surface area contributed by atoms with Crippen molar-refractivity contribution in [2.45, 2.75) is 17.7 Å². The maximum atomic E-state index is 11.9. The number of benzene rings is 1. The molecule has 1 aromatic rings. The lowest BCUT2D eigenvalue weighted by Crippen LogP contribution is -2.39. The molecule has 20 heavy (non-hydrogen) atoms. The number of carboxylic acid groups (broad SMARTS) is 1. The Morgan fingerprint density at radius 2 is 2.15 bits per heavy atom. The second kappa shape index (κ2) is 5.61. The summed E-state index contributed by atoms with van der Waals surface area (Å²) in [6.45, 7) is 0.966. The van der Waals surface area contributed by atoms with Gasteiger partial charge in [-0.1, -0.05) is 11.6 Å². The van der Waals surface area contributed by atoms with Crippen LogP contribution in [0.25, 0.3) is 0 Å². The molecule has 1 aliphatic heterocycles. The molecule has 0 saturated carbocycles. The summed E-state index contributed by atoms with van der Waals surface area (Å²) in [5.41, 5.74) is 0.530. The number of hydrogen-bond acceptors (Lipinski definition) is 4. The van der Waals surface area contributed by atoms with Gasteiger partial charge in [0.05, 0.1) is 16.5 Å². The van der Waals surface area contributed by atoms with Gasteiger partial charge in [0, 0.05) is 24.4 Å². The molecule has 1 atom stereocenters. The number of carboxylic acids is 1. The zero-order chi connectivity index (χ0) is 14.9. The SMILES string of the molecule is CS(=O)(=O)c1cc(Cl)ccc1N1CCCC(C(=O)O)C1. The molecule has 1 fully saturated rings. The number of halogens is 1. The van der Waals surface area contributed by atoms with E-state index in [1.165, 1.54) is 6.07 Å². The quantitative estimate of drug-likeness (QED) is 0.923. The number of carbonyl (C=O) groups is 1. The van der Waals surface area contributed by atoms with Crippen molar-refractivity contribution in [2.24, 2.45) is 5.92 Å². The third-order valence-corrected chi connectivity index (χ3v) is 4.79. The van der Waals surface area contributed by atoms with Crippen molar-refractivity contribution in [3.05, 3.63) is 23.2 Å². The lowest BCUT2D eigenvalue weighted by Gasteiger charge is -2.33. The van der Waals surface area contributed by atoms with Crippen molar-refractivity contribution in [1.82, 2.24) is 0 Å². The number of sulfone groups is 1. The monoisotopic (exact) mass is 317 g/mol. The standard InChI is InChI=1S/C13H16ClNO4S/c1-20(18,19)12-7-10(14)4-5-11(12)15-6-2-3-9(8-15)13(16)17/h4-5,7,9H,2-3,6,8H2,1H3,(H,16,17). The summed E-state index contributed by atoms with van der Waals surface area (Å²) in [5.74, 6) is -1.31. The molecule has 0 aromatic heterocycles. The van der Waals surface area contributed by atoms with E-state index in [9.17, 15) is 13.2 Å². The van der Waals surface area contributed by atoms with Crippen LogP contribution in [0, 0.1) is 5.92 Å². The van der Waals surface area contributed by atoms with Crippen LogP contribution in [0.15, 0.2) is 23.1 Å². The van der Waals surface area contributed by atoms with Gasteiger partial charge < -0.3 is 10.0 Å². The molecule has 2 rings (SSSR count). The van der Waals surface area contributed by atoms with Crippen LogP contribution in [0.1, 0.15) is 12.8 Å². The first kappa shape index (κ1) is 15.1. The second-order valence-electron chi connectivity index (χ2n) is 5.01. The van der Waals surface area contributed by atoms with Gasteiger partial charge in [0.1, 0.15) is 0 Å². The maximum absolute atomic E-state index is 11.9. The van der Waals surface area contributed by atoms with E-state index in [4.69, 9.17) is 16.7 Å². The first-order valence-corrected chi connectivity index (χ1v) is 8.53. The predicted octanol–water partition coefficient (Wildman–Crippen LogP) is 2.04. The van der Waals surface area contributed by atoms with E-state index in [2.05, 4.69) is 0 Å². The van der Waals surface area contributed by atoms with E-state index in [-0.39, 0.29) is 4.90 Å². The average molecular weight is 318 g/mol. The molecule has 1 aromatic carbocycles. The van der Waals surface area contributed by atoms with Crippen molar-refractivity contribution in [3.8, 4) is 0 Å². The molecule has 1 aliphatic rings. The molecule has 110 valence electrons. The van der Waals surface area contributed by atoms with Crippen LogP contribution in [0.2, 0.25) is 5.02 Å². The fourth-order valence-corrected chi connectivity index (χ4v) is 3.60. The fourth-order valence-electron chi connectivity index (χ4n) is 2.44. The van der Waals surface area contributed by atoms with Gasteiger partial charge in [0.25, 0.3) is 0 Å². The highest BCUT2D eigenvalue weighted by Gasteiger charge is 2.28. The Morgan fingerprint density at radius 3 is 2.75 bits per heavy atom. The molecule has 1 N–H and O–H groups in total. The molecule has 7 heteroatoms. The van der Waals surface area contributed by atoms with Crippen LogP contribution in [0.4, 0.5) is 5.69 Å². The Hall–Kier alpha value is -1.27. The van der Waals surface area contributed by atoms with Gasteiger partial charge in [0.15, 0.2) is 9.84 Å². The number of aliphatic carboxylic acids is 1. The largest absolute Gasteiger partial charge is 0.481 e. The van der Waals surface area contributed by atoms with Crippen LogP contribution < -0.4 is 4.90 Å². The highest BCUT2D eigenvalue weighted by atomic mass is 35.5. The topological polar surface area (TPSA) is 74.7 Å². The number of piperidine rings is 1. The second-order valence-corrected chi connectivity index (χ2v) is 7.43. The van der Waals surface area contributed by atoms with Gasteiger partial charge in [-0.2, -0.15) is 0 Å². The minimum Gasteiger partial charge on any atom is -0.481 e. The van der Waals surface area contributed by atoms with Crippen LogP contribution in [0.5, 0.6) is 0 Å². The minimum absolute atomic E-state index is 0.149. The van der Waals surface area contributed by atoms with E-state index in [1.54, 1.807) is 12.1 Å². The van der Waals surface area contributed by atoms with Crippen molar-refractivity contribution in [2.75, 3.05) is 24.2 Å². The van der Waals surface area contributed by atoms with Gasteiger partial charge in [-0.3, -0.25) is 4.79 Å². The minimum atomic E-state index is -3.42. The zero-order valence-corrected chi connectivity index (χ0v) is 12.6. The number of hydrogen-bond donors (Lipinski definition) is 1. The molecular weight excluding hydrogens is 302 g/mol. The van der Waals surface area contributed by atoms with E-state index >= 15 is 0 Å². The summed E-state index contributed by atoms with van der Waals surface area (Å²) in [5, 5.41) is 9.46. The normalized spacial score (nSPS) is 19.9. The third kappa shape index (κ3) is 3.24. The van der Waals surface area contributed by atoms with Crippen LogP contribution >= 0.6 is 11.6 Å². The van der Waals surface area contributed by atoms with E-state index in [0.717, 1.165) is 12.7 Å². The van der Waals surface area contributed by atoms with Crippen molar-refractivity contribution >= 4 is 33.1 Å². The molecule has 5 nitrogen and oxygen atoms in total. The van der Waals surface area contributed by atoms with Crippen LogP contribution in [-0.2, 0) is 14.6 Å². The van der Waals surface area contributed by atoms with E-state index in [0.29, 0.717) is 30.2 Å². The molecule has 1 heterocycles. The molecule has 0 radical (unpaired) electrons. The van der Waals surface area contributed by atoms with Crippen LogP contribution in [-0.4, -0.2) is 38.8 Å². The Morgan fingerprint density at radius 1 is 1.45 bits per heavy atom. The summed E-state index contributed by atoms with van der Waals surface area (Å²) < 4.78 is 23.7. The van der Waals surface area contributed by atoms with Gasteiger partial charge in [0.2, 0.25) is 0 Å². The smallest absolute Gasteiger partial charge is 0.308 e.